The fourth-order valence-corrected chi connectivity index (χ4v) is 4.63. The molecule has 172 valence electrons. The van der Waals surface area contributed by atoms with E-state index in [-0.39, 0.29) is 17.3 Å². The van der Waals surface area contributed by atoms with Gasteiger partial charge < -0.3 is 30.7 Å². The lowest BCUT2D eigenvalue weighted by Crippen LogP contribution is -2.29. The Bertz CT molecular complexity index is 1000. The quantitative estimate of drug-likeness (QED) is 0.515. The van der Waals surface area contributed by atoms with Crippen LogP contribution in [0.1, 0.15) is 51.1 Å². The molecule has 2 aromatic rings. The molecule has 2 aliphatic rings. The van der Waals surface area contributed by atoms with E-state index in [0.29, 0.717) is 28.5 Å². The lowest BCUT2D eigenvalue weighted by atomic mass is 9.95. The summed E-state index contributed by atoms with van der Waals surface area (Å²) in [6, 6.07) is 6.26. The number of nitrogens with one attached hydrogen (secondary N) is 4. The van der Waals surface area contributed by atoms with Gasteiger partial charge in [-0.25, -0.2) is 4.98 Å². The molecule has 1 aromatic carbocycles. The van der Waals surface area contributed by atoms with Gasteiger partial charge in [-0.3, -0.25) is 4.79 Å². The molecule has 8 heteroatoms. The zero-order valence-corrected chi connectivity index (χ0v) is 19.1. The molecule has 0 atom stereocenters. The Morgan fingerprint density at radius 3 is 2.75 bits per heavy atom. The minimum Gasteiger partial charge on any atom is -0.496 e. The summed E-state index contributed by atoms with van der Waals surface area (Å²) in [5.41, 5.74) is 2.64. The van der Waals surface area contributed by atoms with E-state index in [0.717, 1.165) is 64.0 Å². The van der Waals surface area contributed by atoms with Gasteiger partial charge in [0.2, 0.25) is 0 Å². The zero-order valence-electron chi connectivity index (χ0n) is 19.1. The fourth-order valence-electron chi connectivity index (χ4n) is 4.63. The average Bonchev–Trinajstić information content (AvgIpc) is 3.10. The molecule has 2 heterocycles. The Kier molecular flexibility index (Phi) is 7.09. The molecule has 32 heavy (non-hydrogen) atoms. The maximum absolute atomic E-state index is 13.1. The Hall–Kier alpha value is -2.87. The van der Waals surface area contributed by atoms with Gasteiger partial charge in [0.25, 0.3) is 5.56 Å². The number of benzene rings is 1. The van der Waals surface area contributed by atoms with Crippen molar-refractivity contribution in [3.63, 3.8) is 0 Å². The molecule has 4 rings (SSSR count). The highest BCUT2D eigenvalue weighted by Gasteiger charge is 2.21. The van der Waals surface area contributed by atoms with Crippen LogP contribution in [0.5, 0.6) is 5.75 Å². The molecule has 0 amide bonds. The molecule has 4 N–H and O–H groups in total. The van der Waals surface area contributed by atoms with Crippen LogP contribution in [0.3, 0.4) is 0 Å². The second-order valence-electron chi connectivity index (χ2n) is 8.72. The molecule has 1 aliphatic carbocycles. The first-order valence-electron chi connectivity index (χ1n) is 11.7. The molecule has 0 unspecified atom stereocenters. The van der Waals surface area contributed by atoms with Crippen molar-refractivity contribution in [3.05, 3.63) is 34.2 Å². The fraction of sp³-hybridized carbons (Fsp3) is 0.542. The van der Waals surface area contributed by atoms with E-state index in [2.05, 4.69) is 25.5 Å². The number of nitrogens with zero attached hydrogens (tertiary/aromatic N) is 2. The number of hydrogen-bond acceptors (Lipinski definition) is 7. The minimum absolute atomic E-state index is 0.244. The first-order valence-corrected chi connectivity index (χ1v) is 11.7. The topological polar surface area (TPSA) is 106 Å². The summed E-state index contributed by atoms with van der Waals surface area (Å²) in [5, 5.41) is 15.0. The van der Waals surface area contributed by atoms with Crippen LogP contribution in [-0.4, -0.2) is 55.0 Å². The number of hydrogen-bond donors (Lipinski definition) is 4. The van der Waals surface area contributed by atoms with Crippen LogP contribution in [0.2, 0.25) is 0 Å². The Morgan fingerprint density at radius 1 is 1.19 bits per heavy atom. The SMILES string of the molecule is COc1cc(N2CCCNCC2)ccc1-c1nc(C(C)=N)c(NC2CCCCC2)c(=O)[nH]1. The van der Waals surface area contributed by atoms with Crippen molar-refractivity contribution in [3.8, 4) is 17.1 Å². The third-order valence-corrected chi connectivity index (χ3v) is 6.37. The Labute approximate surface area is 189 Å². The van der Waals surface area contributed by atoms with E-state index < -0.39 is 0 Å². The number of rotatable bonds is 6. The van der Waals surface area contributed by atoms with Crippen LogP contribution in [0, 0.1) is 5.41 Å². The summed E-state index contributed by atoms with van der Waals surface area (Å²) in [5.74, 6) is 1.08. The predicted octanol–water partition coefficient (Wildman–Crippen LogP) is 3.38. The highest BCUT2D eigenvalue weighted by molar-refractivity contribution is 5.99. The van der Waals surface area contributed by atoms with Crippen molar-refractivity contribution in [1.82, 2.24) is 15.3 Å². The third-order valence-electron chi connectivity index (χ3n) is 6.37. The van der Waals surface area contributed by atoms with E-state index in [1.807, 2.05) is 18.2 Å². The molecule has 0 spiro atoms. The van der Waals surface area contributed by atoms with Crippen LogP contribution >= 0.6 is 0 Å². The molecular formula is C24H34N6O2. The van der Waals surface area contributed by atoms with Crippen molar-refractivity contribution in [2.75, 3.05) is 43.5 Å². The number of anilines is 2. The summed E-state index contributed by atoms with van der Waals surface area (Å²) in [6.07, 6.45) is 6.74. The van der Waals surface area contributed by atoms with Crippen LogP contribution < -0.4 is 25.8 Å². The molecule has 1 saturated heterocycles. The van der Waals surface area contributed by atoms with Crippen molar-refractivity contribution in [2.24, 2.45) is 0 Å². The van der Waals surface area contributed by atoms with Gasteiger partial charge in [0, 0.05) is 37.4 Å². The maximum atomic E-state index is 13.1. The highest BCUT2D eigenvalue weighted by Crippen LogP contribution is 2.32. The number of H-pyrrole nitrogens is 1. The smallest absolute Gasteiger partial charge is 0.275 e. The molecule has 1 aliphatic heterocycles. The van der Waals surface area contributed by atoms with E-state index in [9.17, 15) is 4.79 Å². The number of aromatic amines is 1. The lowest BCUT2D eigenvalue weighted by molar-refractivity contribution is 0.416. The summed E-state index contributed by atoms with van der Waals surface area (Å²) in [6.45, 7) is 5.59. The van der Waals surface area contributed by atoms with Gasteiger partial charge in [0.1, 0.15) is 23.0 Å². The number of aromatic nitrogens is 2. The van der Waals surface area contributed by atoms with E-state index in [4.69, 9.17) is 10.1 Å². The first-order chi connectivity index (χ1) is 15.6. The largest absolute Gasteiger partial charge is 0.496 e. The standard InChI is InChI=1S/C24H34N6O2/c1-16(25)21-22(27-17-7-4-3-5-8-17)24(31)29-23(28-21)19-10-9-18(15-20(19)32-2)30-13-6-11-26-12-14-30/h9-10,15,17,25-27H,3-8,11-14H2,1-2H3,(H,28,29,31). The van der Waals surface area contributed by atoms with Crippen LogP contribution in [0.15, 0.2) is 23.0 Å². The second kappa shape index (κ2) is 10.2. The van der Waals surface area contributed by atoms with Gasteiger partial charge in [0.05, 0.1) is 18.4 Å². The lowest BCUT2D eigenvalue weighted by Gasteiger charge is -2.25. The van der Waals surface area contributed by atoms with Gasteiger partial charge in [0.15, 0.2) is 0 Å². The molecule has 1 aromatic heterocycles. The van der Waals surface area contributed by atoms with Crippen molar-refractivity contribution < 1.29 is 4.74 Å². The summed E-state index contributed by atoms with van der Waals surface area (Å²) >= 11 is 0. The van der Waals surface area contributed by atoms with E-state index in [1.165, 1.54) is 6.42 Å². The maximum Gasteiger partial charge on any atom is 0.275 e. The Balaban J connectivity index is 1.67. The van der Waals surface area contributed by atoms with E-state index in [1.54, 1.807) is 14.0 Å². The van der Waals surface area contributed by atoms with Gasteiger partial charge in [-0.15, -0.1) is 0 Å². The Morgan fingerprint density at radius 2 is 2.00 bits per heavy atom. The van der Waals surface area contributed by atoms with Gasteiger partial charge >= 0.3 is 0 Å². The molecule has 8 nitrogen and oxygen atoms in total. The van der Waals surface area contributed by atoms with Crippen LogP contribution in [0.25, 0.3) is 11.4 Å². The monoisotopic (exact) mass is 438 g/mol. The summed E-state index contributed by atoms with van der Waals surface area (Å²) < 4.78 is 5.68. The molecule has 1 saturated carbocycles. The third kappa shape index (κ3) is 4.96. The summed E-state index contributed by atoms with van der Waals surface area (Å²) in [4.78, 5) is 23.0. The molecule has 0 bridgehead atoms. The predicted molar refractivity (Wildman–Crippen MR) is 130 cm³/mol. The number of ether oxygens (including phenoxy) is 1. The van der Waals surface area contributed by atoms with Gasteiger partial charge in [-0.05, 0) is 44.9 Å². The van der Waals surface area contributed by atoms with Gasteiger partial charge in [-0.1, -0.05) is 19.3 Å². The summed E-state index contributed by atoms with van der Waals surface area (Å²) in [7, 11) is 1.63. The normalized spacial score (nSPS) is 17.6. The van der Waals surface area contributed by atoms with E-state index >= 15 is 0 Å². The van der Waals surface area contributed by atoms with Crippen LogP contribution in [0.4, 0.5) is 11.4 Å². The van der Waals surface area contributed by atoms with Crippen molar-refractivity contribution in [2.45, 2.75) is 51.5 Å². The molecule has 2 fully saturated rings. The molecule has 0 radical (unpaired) electrons. The van der Waals surface area contributed by atoms with Gasteiger partial charge in [-0.2, -0.15) is 0 Å². The highest BCUT2D eigenvalue weighted by atomic mass is 16.5. The number of methoxy groups -OCH3 is 1. The van der Waals surface area contributed by atoms with Crippen LogP contribution in [-0.2, 0) is 0 Å². The average molecular weight is 439 g/mol. The minimum atomic E-state index is -0.244. The van der Waals surface area contributed by atoms with Crippen molar-refractivity contribution in [1.29, 1.82) is 5.41 Å². The first kappa shape index (κ1) is 22.3. The van der Waals surface area contributed by atoms with Crippen molar-refractivity contribution >= 4 is 17.1 Å². The molecular weight excluding hydrogens is 404 g/mol. The second-order valence-corrected chi connectivity index (χ2v) is 8.72. The zero-order chi connectivity index (χ0) is 22.5.